The van der Waals surface area contributed by atoms with E-state index in [0.717, 1.165) is 53.5 Å². The van der Waals surface area contributed by atoms with Crippen LogP contribution >= 0.6 is 0 Å². The molecule has 0 unspecified atom stereocenters. The summed E-state index contributed by atoms with van der Waals surface area (Å²) in [6.07, 6.45) is 1.40. The molecular formula is C36H48N4O3. The second kappa shape index (κ2) is 14.6. The van der Waals surface area contributed by atoms with E-state index in [1.54, 1.807) is 0 Å². The molecule has 4 rings (SSSR count). The largest absolute Gasteiger partial charge is 0.490 e. The smallest absolute Gasteiger partial charge is 0.256 e. The Kier molecular flexibility index (Phi) is 11.0. The van der Waals surface area contributed by atoms with E-state index in [2.05, 4.69) is 39.6 Å². The first-order chi connectivity index (χ1) is 20.5. The normalized spacial score (nSPS) is 15.0. The molecule has 0 radical (unpaired) electrons. The Labute approximate surface area is 257 Å². The number of amides is 2. The number of aromatic nitrogens is 1. The summed E-state index contributed by atoms with van der Waals surface area (Å²) in [7, 11) is 2.08. The maximum absolute atomic E-state index is 14.4. The van der Waals surface area contributed by atoms with Crippen LogP contribution < -0.4 is 9.64 Å². The van der Waals surface area contributed by atoms with Gasteiger partial charge in [-0.1, -0.05) is 58.0 Å². The minimum atomic E-state index is -0.0445. The van der Waals surface area contributed by atoms with E-state index in [1.165, 1.54) is 0 Å². The first-order valence-corrected chi connectivity index (χ1v) is 15.7. The molecule has 0 aliphatic carbocycles. The number of anilines is 1. The molecule has 0 spiro atoms. The monoisotopic (exact) mass is 584 g/mol. The van der Waals surface area contributed by atoms with Crippen molar-refractivity contribution in [3.8, 4) is 17.0 Å². The third-order valence-corrected chi connectivity index (χ3v) is 7.72. The van der Waals surface area contributed by atoms with Crippen molar-refractivity contribution in [1.29, 1.82) is 0 Å². The van der Waals surface area contributed by atoms with E-state index in [-0.39, 0.29) is 29.8 Å². The summed E-state index contributed by atoms with van der Waals surface area (Å²) in [6.45, 7) is 15.6. The Bertz CT molecular complexity index is 1400. The molecule has 1 aliphatic heterocycles. The molecule has 230 valence electrons. The van der Waals surface area contributed by atoms with Crippen molar-refractivity contribution in [3.05, 3.63) is 77.5 Å². The molecule has 7 heteroatoms. The maximum atomic E-state index is 14.4. The van der Waals surface area contributed by atoms with Gasteiger partial charge in [0, 0.05) is 43.9 Å². The molecule has 2 aromatic carbocycles. The number of likely N-dealkylation sites (N-methyl/N-ethyl adjacent to an activating group) is 1. The van der Waals surface area contributed by atoms with Gasteiger partial charge in [0.05, 0.1) is 23.1 Å². The lowest BCUT2D eigenvalue weighted by Crippen LogP contribution is -2.38. The van der Waals surface area contributed by atoms with Gasteiger partial charge in [-0.05, 0) is 81.6 Å². The third-order valence-electron chi connectivity index (χ3n) is 7.72. The van der Waals surface area contributed by atoms with E-state index < -0.39 is 0 Å². The van der Waals surface area contributed by atoms with Gasteiger partial charge < -0.3 is 19.4 Å². The summed E-state index contributed by atoms with van der Waals surface area (Å²) < 4.78 is 6.07. The van der Waals surface area contributed by atoms with Crippen molar-refractivity contribution in [2.24, 2.45) is 5.92 Å². The first kappa shape index (κ1) is 32.2. The van der Waals surface area contributed by atoms with Crippen molar-refractivity contribution < 1.29 is 14.3 Å². The van der Waals surface area contributed by atoms with Crippen LogP contribution in [0, 0.1) is 5.92 Å². The van der Waals surface area contributed by atoms with Gasteiger partial charge in [-0.2, -0.15) is 0 Å². The number of para-hydroxylation sites is 2. The van der Waals surface area contributed by atoms with Crippen molar-refractivity contribution >= 4 is 17.5 Å². The number of carbonyl (C=O) groups excluding carboxylic acids is 2. The summed E-state index contributed by atoms with van der Waals surface area (Å²) in [6, 6.07) is 19.8. The van der Waals surface area contributed by atoms with Gasteiger partial charge in [0.1, 0.15) is 5.75 Å². The molecule has 43 heavy (non-hydrogen) atoms. The highest BCUT2D eigenvalue weighted by molar-refractivity contribution is 5.97. The summed E-state index contributed by atoms with van der Waals surface area (Å²) in [5, 5.41) is 0. The van der Waals surface area contributed by atoms with Crippen LogP contribution in [0.1, 0.15) is 81.9 Å². The number of hydrogen-bond donors (Lipinski definition) is 0. The summed E-state index contributed by atoms with van der Waals surface area (Å²) in [4.78, 5) is 38.9. The molecule has 1 aromatic heterocycles. The highest BCUT2D eigenvalue weighted by Gasteiger charge is 2.26. The minimum absolute atomic E-state index is 0.0359. The lowest BCUT2D eigenvalue weighted by molar-refractivity contribution is -0.119. The number of ether oxygens (including phenoxy) is 1. The Hall–Kier alpha value is -3.71. The van der Waals surface area contributed by atoms with Crippen LogP contribution in [0.5, 0.6) is 5.75 Å². The van der Waals surface area contributed by atoms with E-state index >= 15 is 0 Å². The molecule has 2 heterocycles. The molecular weight excluding hydrogens is 536 g/mol. The molecule has 3 aromatic rings. The average molecular weight is 585 g/mol. The summed E-state index contributed by atoms with van der Waals surface area (Å²) in [5.74, 6) is 1.18. The van der Waals surface area contributed by atoms with Crippen LogP contribution in [0.25, 0.3) is 11.3 Å². The Morgan fingerprint density at radius 3 is 2.30 bits per heavy atom. The van der Waals surface area contributed by atoms with Gasteiger partial charge in [-0.25, -0.2) is 0 Å². The molecule has 0 N–H and O–H groups in total. The van der Waals surface area contributed by atoms with Crippen molar-refractivity contribution in [2.45, 2.75) is 73.0 Å². The minimum Gasteiger partial charge on any atom is -0.490 e. The van der Waals surface area contributed by atoms with Gasteiger partial charge in [0.15, 0.2) is 0 Å². The fraction of sp³-hybridized carbons (Fsp3) is 0.472. The summed E-state index contributed by atoms with van der Waals surface area (Å²) >= 11 is 0. The topological polar surface area (TPSA) is 66.0 Å². The standard InChI is InChI=1S/C36H48N4O3/c1-25(2)23-34(41)40-20-12-19-38(7)21-22-39(24-28-13-8-10-15-32(28)40)36(42)30-17-18-31(37-35(30)26(3)4)29-14-9-11-16-33(29)43-27(5)6/h8-11,13-18,25-27H,12,19-24H2,1-7H3. The van der Waals surface area contributed by atoms with Gasteiger partial charge in [-0.15, -0.1) is 0 Å². The van der Waals surface area contributed by atoms with Crippen LogP contribution in [-0.4, -0.2) is 65.9 Å². The molecule has 2 amide bonds. The Balaban J connectivity index is 1.73. The molecule has 0 saturated carbocycles. The Morgan fingerprint density at radius 1 is 0.860 bits per heavy atom. The van der Waals surface area contributed by atoms with Crippen LogP contribution in [0.2, 0.25) is 0 Å². The SMILES string of the molecule is CC(C)CC(=O)N1CCCN(C)CCN(C(=O)c2ccc(-c3ccccc3OC(C)C)nc2C(C)C)Cc2ccccc21. The zero-order valence-electron chi connectivity index (χ0n) is 27.0. The van der Waals surface area contributed by atoms with Crippen LogP contribution in [0.15, 0.2) is 60.7 Å². The molecule has 0 fully saturated rings. The second-order valence-corrected chi connectivity index (χ2v) is 12.6. The predicted molar refractivity (Wildman–Crippen MR) is 175 cm³/mol. The van der Waals surface area contributed by atoms with Crippen LogP contribution in [0.3, 0.4) is 0 Å². The number of fused-ring (bicyclic) bond motifs is 1. The van der Waals surface area contributed by atoms with Gasteiger partial charge in [0.25, 0.3) is 5.91 Å². The van der Waals surface area contributed by atoms with Gasteiger partial charge >= 0.3 is 0 Å². The van der Waals surface area contributed by atoms with E-state index in [4.69, 9.17) is 9.72 Å². The molecule has 1 aliphatic rings. The number of pyridine rings is 1. The van der Waals surface area contributed by atoms with E-state index in [0.29, 0.717) is 31.6 Å². The quantitative estimate of drug-likeness (QED) is 0.299. The first-order valence-electron chi connectivity index (χ1n) is 15.7. The fourth-order valence-electron chi connectivity index (χ4n) is 5.56. The number of rotatable bonds is 7. The number of hydrogen-bond acceptors (Lipinski definition) is 5. The fourth-order valence-corrected chi connectivity index (χ4v) is 5.56. The van der Waals surface area contributed by atoms with Crippen LogP contribution in [0.4, 0.5) is 5.69 Å². The molecule has 0 saturated heterocycles. The van der Waals surface area contributed by atoms with Gasteiger partial charge in [-0.3, -0.25) is 14.6 Å². The lowest BCUT2D eigenvalue weighted by Gasteiger charge is -2.29. The molecule has 0 bridgehead atoms. The van der Waals surface area contributed by atoms with Crippen LogP contribution in [-0.2, 0) is 11.3 Å². The van der Waals surface area contributed by atoms with Crippen molar-refractivity contribution in [3.63, 3.8) is 0 Å². The molecule has 7 nitrogen and oxygen atoms in total. The second-order valence-electron chi connectivity index (χ2n) is 12.6. The highest BCUT2D eigenvalue weighted by Crippen LogP contribution is 2.32. The number of nitrogens with zero attached hydrogens (tertiary/aromatic N) is 4. The van der Waals surface area contributed by atoms with E-state index in [9.17, 15) is 9.59 Å². The lowest BCUT2D eigenvalue weighted by atomic mass is 9.99. The van der Waals surface area contributed by atoms with E-state index in [1.807, 2.05) is 84.3 Å². The number of benzene rings is 2. The molecule has 0 atom stereocenters. The zero-order chi connectivity index (χ0) is 31.1. The highest BCUT2D eigenvalue weighted by atomic mass is 16.5. The maximum Gasteiger partial charge on any atom is 0.256 e. The average Bonchev–Trinajstić information content (AvgIpc) is 2.99. The van der Waals surface area contributed by atoms with Crippen molar-refractivity contribution in [1.82, 2.24) is 14.8 Å². The third kappa shape index (κ3) is 8.23. The Morgan fingerprint density at radius 2 is 1.58 bits per heavy atom. The van der Waals surface area contributed by atoms with Crippen molar-refractivity contribution in [2.75, 3.05) is 38.1 Å². The van der Waals surface area contributed by atoms with Gasteiger partial charge in [0.2, 0.25) is 5.91 Å². The summed E-state index contributed by atoms with van der Waals surface area (Å²) in [5.41, 5.74) is 4.96. The number of carbonyl (C=O) groups is 2. The zero-order valence-corrected chi connectivity index (χ0v) is 27.0. The predicted octanol–water partition coefficient (Wildman–Crippen LogP) is 7.02.